The monoisotopic (exact) mass is 674 g/mol. The number of hydrogen-bond acceptors (Lipinski definition) is 7. The number of pyridine rings is 1. The number of amides is 2. The molecule has 0 bridgehead atoms. The second kappa shape index (κ2) is 14.5. The maximum Gasteiger partial charge on any atom is 0.407 e. The van der Waals surface area contributed by atoms with Crippen molar-refractivity contribution in [1.82, 2.24) is 24.6 Å². The number of hydrogen-bond donors (Lipinski definition) is 1. The molecule has 2 atom stereocenters. The van der Waals surface area contributed by atoms with E-state index in [4.69, 9.17) is 19.6 Å². The molecule has 2 aliphatic heterocycles. The molecule has 2 aromatic heterocycles. The number of carboxylic acid groups (broad SMARTS) is 1. The lowest BCUT2D eigenvalue weighted by Crippen LogP contribution is -2.53. The molecule has 50 heavy (non-hydrogen) atoms. The van der Waals surface area contributed by atoms with Crippen LogP contribution in [-0.4, -0.2) is 80.9 Å². The third kappa shape index (κ3) is 6.94. The van der Waals surface area contributed by atoms with E-state index in [0.29, 0.717) is 70.7 Å². The van der Waals surface area contributed by atoms with Crippen LogP contribution >= 0.6 is 0 Å². The summed E-state index contributed by atoms with van der Waals surface area (Å²) in [5.74, 6) is 0.890. The molecule has 3 aromatic carbocycles. The molecule has 2 saturated heterocycles. The number of aryl methyl sites for hydroxylation is 1. The summed E-state index contributed by atoms with van der Waals surface area (Å²) < 4.78 is 14.4. The van der Waals surface area contributed by atoms with Crippen molar-refractivity contribution in [2.24, 2.45) is 18.9 Å². The predicted octanol–water partition coefficient (Wildman–Crippen LogP) is 6.08. The lowest BCUT2D eigenvalue weighted by Gasteiger charge is -2.41. The van der Waals surface area contributed by atoms with E-state index in [-0.39, 0.29) is 17.7 Å². The van der Waals surface area contributed by atoms with E-state index in [1.54, 1.807) is 0 Å². The van der Waals surface area contributed by atoms with E-state index in [1.807, 2.05) is 102 Å². The molecule has 258 valence electrons. The zero-order valence-electron chi connectivity index (χ0n) is 28.4. The molecule has 0 aliphatic carbocycles. The van der Waals surface area contributed by atoms with Crippen molar-refractivity contribution in [3.8, 4) is 23.0 Å². The van der Waals surface area contributed by atoms with Crippen molar-refractivity contribution in [2.75, 3.05) is 44.2 Å². The number of para-hydroxylation sites is 1. The Balaban J connectivity index is 1.12. The Kier molecular flexibility index (Phi) is 9.55. The van der Waals surface area contributed by atoms with Gasteiger partial charge in [-0.2, -0.15) is 10.1 Å². The number of ether oxygens (including phenoxy) is 2. The zero-order valence-corrected chi connectivity index (χ0v) is 28.4. The first-order valence-electron chi connectivity index (χ1n) is 17.2. The summed E-state index contributed by atoms with van der Waals surface area (Å²) in [4.78, 5) is 35.5. The van der Waals surface area contributed by atoms with Crippen LogP contribution in [0.25, 0.3) is 22.2 Å². The van der Waals surface area contributed by atoms with Crippen LogP contribution in [-0.2, 0) is 25.1 Å². The third-order valence-electron chi connectivity index (χ3n) is 9.81. The molecule has 11 nitrogen and oxygen atoms in total. The van der Waals surface area contributed by atoms with E-state index in [0.717, 1.165) is 39.0 Å². The van der Waals surface area contributed by atoms with E-state index in [1.165, 1.54) is 4.90 Å². The average molecular weight is 675 g/mol. The Labute approximate surface area is 291 Å². The average Bonchev–Trinajstić information content (AvgIpc) is 3.49. The van der Waals surface area contributed by atoms with Gasteiger partial charge in [-0.15, -0.1) is 0 Å². The van der Waals surface area contributed by atoms with Crippen molar-refractivity contribution in [1.29, 1.82) is 0 Å². The number of carbonyl (C=O) groups excluding carboxylic acids is 1. The topological polar surface area (TPSA) is 113 Å². The largest absolute Gasteiger partial charge is 0.473 e. The summed E-state index contributed by atoms with van der Waals surface area (Å²) in [6.45, 7) is 6.11. The highest BCUT2D eigenvalue weighted by atomic mass is 16.5. The minimum atomic E-state index is -0.916. The number of benzene rings is 3. The van der Waals surface area contributed by atoms with Gasteiger partial charge in [0.05, 0.1) is 16.8 Å². The summed E-state index contributed by atoms with van der Waals surface area (Å²) >= 11 is 0. The van der Waals surface area contributed by atoms with E-state index >= 15 is 0 Å². The lowest BCUT2D eigenvalue weighted by molar-refractivity contribution is -0.139. The molecule has 11 heteroatoms. The first kappa shape index (κ1) is 32.9. The van der Waals surface area contributed by atoms with Gasteiger partial charge in [0.1, 0.15) is 18.9 Å². The molecule has 2 fully saturated rings. The summed E-state index contributed by atoms with van der Waals surface area (Å²) in [5.41, 5.74) is 5.67. The quantitative estimate of drug-likeness (QED) is 0.200. The van der Waals surface area contributed by atoms with Crippen LogP contribution in [0.15, 0.2) is 91.0 Å². The van der Waals surface area contributed by atoms with Crippen molar-refractivity contribution in [3.63, 3.8) is 0 Å². The number of fused-ring (bicyclic) bond motifs is 1. The van der Waals surface area contributed by atoms with Gasteiger partial charge in [-0.05, 0) is 35.6 Å². The molecule has 0 radical (unpaired) electrons. The van der Waals surface area contributed by atoms with Gasteiger partial charge in [-0.3, -0.25) is 9.48 Å². The maximum absolute atomic E-state index is 13.5. The van der Waals surface area contributed by atoms with Gasteiger partial charge in [-0.1, -0.05) is 79.7 Å². The normalized spacial score (nSPS) is 17.9. The molecule has 5 aromatic rings. The van der Waals surface area contributed by atoms with Gasteiger partial charge in [-0.25, -0.2) is 4.79 Å². The first-order chi connectivity index (χ1) is 24.4. The smallest absolute Gasteiger partial charge is 0.407 e. The molecule has 4 heterocycles. The Morgan fingerprint density at radius 3 is 2.14 bits per heavy atom. The van der Waals surface area contributed by atoms with Crippen molar-refractivity contribution in [2.45, 2.75) is 26.6 Å². The number of piperidine rings is 1. The van der Waals surface area contributed by atoms with Crippen LogP contribution in [0.2, 0.25) is 0 Å². The first-order valence-corrected chi connectivity index (χ1v) is 17.2. The summed E-state index contributed by atoms with van der Waals surface area (Å²) in [5, 5.41) is 15.4. The number of nitrogens with zero attached hydrogens (tertiary/aromatic N) is 6. The van der Waals surface area contributed by atoms with Crippen LogP contribution in [0, 0.1) is 11.8 Å². The Morgan fingerprint density at radius 1 is 0.800 bits per heavy atom. The number of carbonyl (C=O) groups is 2. The third-order valence-corrected chi connectivity index (χ3v) is 9.81. The number of aromatic nitrogens is 3. The Hall–Kier alpha value is -5.58. The minimum Gasteiger partial charge on any atom is -0.473 e. The second-order valence-electron chi connectivity index (χ2n) is 13.1. The second-order valence-corrected chi connectivity index (χ2v) is 13.1. The highest BCUT2D eigenvalue weighted by Crippen LogP contribution is 2.38. The fourth-order valence-corrected chi connectivity index (χ4v) is 7.11. The molecule has 2 aliphatic rings. The van der Waals surface area contributed by atoms with Crippen LogP contribution in [0.1, 0.15) is 24.5 Å². The SMILES string of the molecule is C[C@@H]1CN(C(=O)O)CC[C@@H]1C(=O)N1CCN(c2cccc3c(-c4ccc(OCc5ccccc5)nc4OCc4ccccc4)nn(C)c23)CC1. The minimum absolute atomic E-state index is 0.00691. The van der Waals surface area contributed by atoms with Gasteiger partial charge in [0, 0.05) is 63.7 Å². The van der Waals surface area contributed by atoms with Gasteiger partial charge in [0.2, 0.25) is 17.7 Å². The molecule has 0 unspecified atom stereocenters. The Bertz CT molecular complexity index is 1960. The number of rotatable bonds is 9. The summed E-state index contributed by atoms with van der Waals surface area (Å²) in [7, 11) is 1.95. The highest BCUT2D eigenvalue weighted by molar-refractivity contribution is 6.01. The molecule has 0 spiro atoms. The molecular weight excluding hydrogens is 632 g/mol. The fourth-order valence-electron chi connectivity index (χ4n) is 7.11. The van der Waals surface area contributed by atoms with Gasteiger partial charge in [0.15, 0.2) is 0 Å². The highest BCUT2D eigenvalue weighted by Gasteiger charge is 2.36. The summed E-state index contributed by atoms with van der Waals surface area (Å²) in [6, 6.07) is 30.0. The van der Waals surface area contributed by atoms with E-state index < -0.39 is 6.09 Å². The van der Waals surface area contributed by atoms with Crippen molar-refractivity contribution >= 4 is 28.6 Å². The van der Waals surface area contributed by atoms with Crippen molar-refractivity contribution in [3.05, 3.63) is 102 Å². The molecular formula is C39H42N6O5. The van der Waals surface area contributed by atoms with Crippen molar-refractivity contribution < 1.29 is 24.2 Å². The predicted molar refractivity (Wildman–Crippen MR) is 191 cm³/mol. The molecule has 1 N–H and O–H groups in total. The van der Waals surface area contributed by atoms with Crippen LogP contribution < -0.4 is 14.4 Å². The maximum atomic E-state index is 13.5. The molecule has 2 amide bonds. The van der Waals surface area contributed by atoms with Crippen LogP contribution in [0.5, 0.6) is 11.8 Å². The van der Waals surface area contributed by atoms with Gasteiger partial charge in [0.25, 0.3) is 0 Å². The lowest BCUT2D eigenvalue weighted by atomic mass is 9.85. The molecule has 7 rings (SSSR count). The zero-order chi connectivity index (χ0) is 34.6. The van der Waals surface area contributed by atoms with E-state index in [2.05, 4.69) is 17.0 Å². The van der Waals surface area contributed by atoms with Gasteiger partial charge >= 0.3 is 6.09 Å². The Morgan fingerprint density at radius 2 is 1.48 bits per heavy atom. The van der Waals surface area contributed by atoms with Crippen LogP contribution in [0.3, 0.4) is 0 Å². The fraction of sp³-hybridized carbons (Fsp3) is 0.333. The van der Waals surface area contributed by atoms with E-state index in [9.17, 15) is 14.7 Å². The summed E-state index contributed by atoms with van der Waals surface area (Å²) in [6.07, 6.45) is -0.351. The van der Waals surface area contributed by atoms with Gasteiger partial charge < -0.3 is 29.3 Å². The number of likely N-dealkylation sites (tertiary alicyclic amines) is 1. The standard InChI is InChI=1S/C39H42N6O5/c1-27-24-45(39(47)48)19-18-30(27)38(46)44-22-20-43(21-23-44)33-15-9-14-31-35(41-42(2)36(31)33)32-16-17-34(49-25-28-10-5-3-6-11-28)40-37(32)50-26-29-12-7-4-8-13-29/h3-17,27,30H,18-26H2,1-2H3,(H,47,48)/t27-,30+/m1/s1. The molecule has 0 saturated carbocycles. The van der Waals surface area contributed by atoms with Crippen LogP contribution in [0.4, 0.5) is 10.5 Å². The number of piperazine rings is 1. The number of anilines is 1.